The maximum atomic E-state index is 12.9. The van der Waals surface area contributed by atoms with Gasteiger partial charge in [0.05, 0.1) is 6.54 Å². The monoisotopic (exact) mass is 430 g/mol. The number of rotatable bonds is 6. The number of nitrogens with zero attached hydrogens (tertiary/aromatic N) is 2. The summed E-state index contributed by atoms with van der Waals surface area (Å²) in [4.78, 5) is 20.4. The van der Waals surface area contributed by atoms with Crippen LogP contribution in [0.15, 0.2) is 59.2 Å². The fraction of sp³-hybridized carbons (Fsp3) is 0.105. The van der Waals surface area contributed by atoms with Gasteiger partial charge in [-0.25, -0.2) is 9.37 Å². The Bertz CT molecular complexity index is 951. The standard InChI is InChI=1S/C19H16BrFN4O2/c1-12-10-13(20)2-7-16(12)24-17(26)11-23-19-22-9-8-18(25-19)27-15-5-3-14(21)4-6-15/h2-10H,11H2,1H3,(H,24,26)(H,22,23,25). The Kier molecular flexibility index (Phi) is 5.97. The molecule has 0 atom stereocenters. The number of carbonyl (C=O) groups excluding carboxylic acids is 1. The van der Waals surface area contributed by atoms with Gasteiger partial charge in [-0.15, -0.1) is 0 Å². The summed E-state index contributed by atoms with van der Waals surface area (Å²) in [6, 6.07) is 12.8. The molecule has 0 unspecified atom stereocenters. The fourth-order valence-corrected chi connectivity index (χ4v) is 2.70. The molecule has 0 radical (unpaired) electrons. The van der Waals surface area contributed by atoms with Gasteiger partial charge in [0.2, 0.25) is 17.7 Å². The van der Waals surface area contributed by atoms with E-state index in [9.17, 15) is 9.18 Å². The van der Waals surface area contributed by atoms with Gasteiger partial charge < -0.3 is 15.4 Å². The van der Waals surface area contributed by atoms with Gasteiger partial charge >= 0.3 is 0 Å². The Labute approximate surface area is 163 Å². The Morgan fingerprint density at radius 2 is 1.96 bits per heavy atom. The number of ether oxygens (including phenoxy) is 1. The Hall–Kier alpha value is -3.00. The quantitative estimate of drug-likeness (QED) is 0.600. The summed E-state index contributed by atoms with van der Waals surface area (Å²) >= 11 is 3.39. The SMILES string of the molecule is Cc1cc(Br)ccc1NC(=O)CNc1nccc(Oc2ccc(F)cc2)n1. The van der Waals surface area contributed by atoms with E-state index < -0.39 is 0 Å². The van der Waals surface area contributed by atoms with Crippen LogP contribution < -0.4 is 15.4 Å². The molecule has 0 spiro atoms. The van der Waals surface area contributed by atoms with Crippen molar-refractivity contribution in [3.05, 3.63) is 70.6 Å². The van der Waals surface area contributed by atoms with Crippen LogP contribution in [0.5, 0.6) is 11.6 Å². The third-order valence-corrected chi connectivity index (χ3v) is 4.03. The molecule has 1 amide bonds. The maximum absolute atomic E-state index is 12.9. The van der Waals surface area contributed by atoms with Crippen molar-refractivity contribution in [1.82, 2.24) is 9.97 Å². The van der Waals surface area contributed by atoms with Crippen LogP contribution in [0, 0.1) is 12.7 Å². The summed E-state index contributed by atoms with van der Waals surface area (Å²) < 4.78 is 19.4. The lowest BCUT2D eigenvalue weighted by Gasteiger charge is -2.10. The van der Waals surface area contributed by atoms with Gasteiger partial charge in [-0.3, -0.25) is 4.79 Å². The van der Waals surface area contributed by atoms with Gasteiger partial charge in [0.15, 0.2) is 0 Å². The number of benzene rings is 2. The van der Waals surface area contributed by atoms with Crippen LogP contribution in [0.1, 0.15) is 5.56 Å². The summed E-state index contributed by atoms with van der Waals surface area (Å²) in [5.74, 6) is 0.401. The van der Waals surface area contributed by atoms with E-state index in [0.717, 1.165) is 15.7 Å². The minimum absolute atomic E-state index is 0.00446. The second-order valence-corrected chi connectivity index (χ2v) is 6.55. The normalized spacial score (nSPS) is 10.3. The first kappa shape index (κ1) is 18.8. The second kappa shape index (κ2) is 8.59. The maximum Gasteiger partial charge on any atom is 0.243 e. The highest BCUT2D eigenvalue weighted by Gasteiger charge is 2.07. The molecule has 138 valence electrons. The number of nitrogens with one attached hydrogen (secondary N) is 2. The van der Waals surface area contributed by atoms with E-state index in [1.54, 1.807) is 6.07 Å². The molecular formula is C19H16BrFN4O2. The molecule has 3 aromatic rings. The van der Waals surface area contributed by atoms with Crippen LogP contribution in [0.4, 0.5) is 16.0 Å². The lowest BCUT2D eigenvalue weighted by atomic mass is 10.2. The molecule has 0 bridgehead atoms. The number of aryl methyl sites for hydroxylation is 1. The van der Waals surface area contributed by atoms with Gasteiger partial charge in [0, 0.05) is 22.4 Å². The van der Waals surface area contributed by atoms with Crippen LogP contribution in [0.25, 0.3) is 0 Å². The predicted molar refractivity (Wildman–Crippen MR) is 105 cm³/mol. The van der Waals surface area contributed by atoms with Crippen LogP contribution in [-0.2, 0) is 4.79 Å². The van der Waals surface area contributed by atoms with E-state index >= 15 is 0 Å². The molecule has 0 aliphatic carbocycles. The summed E-state index contributed by atoms with van der Waals surface area (Å²) in [7, 11) is 0. The van der Waals surface area contributed by atoms with Gasteiger partial charge in [0.25, 0.3) is 0 Å². The van der Waals surface area contributed by atoms with Gasteiger partial charge in [-0.1, -0.05) is 15.9 Å². The summed E-state index contributed by atoms with van der Waals surface area (Å²) in [6.07, 6.45) is 1.50. The molecular weight excluding hydrogens is 415 g/mol. The number of hydrogen-bond acceptors (Lipinski definition) is 5. The van der Waals surface area contributed by atoms with E-state index in [4.69, 9.17) is 4.74 Å². The number of anilines is 2. The minimum Gasteiger partial charge on any atom is -0.439 e. The first-order chi connectivity index (χ1) is 13.0. The molecule has 27 heavy (non-hydrogen) atoms. The van der Waals surface area contributed by atoms with Crippen LogP contribution in [0.2, 0.25) is 0 Å². The number of amides is 1. The van der Waals surface area contributed by atoms with E-state index in [2.05, 4.69) is 36.5 Å². The van der Waals surface area contributed by atoms with Crippen molar-refractivity contribution in [2.24, 2.45) is 0 Å². The zero-order chi connectivity index (χ0) is 19.2. The van der Waals surface area contributed by atoms with E-state index in [1.165, 1.54) is 30.5 Å². The molecule has 0 aliphatic heterocycles. The molecule has 0 aliphatic rings. The topological polar surface area (TPSA) is 76.1 Å². The highest BCUT2D eigenvalue weighted by molar-refractivity contribution is 9.10. The predicted octanol–water partition coefficient (Wildman–Crippen LogP) is 4.53. The Morgan fingerprint density at radius 3 is 2.70 bits per heavy atom. The lowest BCUT2D eigenvalue weighted by molar-refractivity contribution is -0.114. The largest absolute Gasteiger partial charge is 0.439 e. The van der Waals surface area contributed by atoms with Crippen molar-refractivity contribution in [2.45, 2.75) is 6.92 Å². The first-order valence-corrected chi connectivity index (χ1v) is 8.85. The minimum atomic E-state index is -0.348. The smallest absolute Gasteiger partial charge is 0.243 e. The third-order valence-electron chi connectivity index (χ3n) is 3.54. The van der Waals surface area contributed by atoms with Crippen molar-refractivity contribution < 1.29 is 13.9 Å². The number of aromatic nitrogens is 2. The molecule has 1 aromatic heterocycles. The highest BCUT2D eigenvalue weighted by Crippen LogP contribution is 2.21. The summed E-state index contributed by atoms with van der Waals surface area (Å²) in [6.45, 7) is 1.91. The Morgan fingerprint density at radius 1 is 1.19 bits per heavy atom. The molecule has 0 saturated heterocycles. The van der Waals surface area contributed by atoms with E-state index in [1.807, 2.05) is 25.1 Å². The van der Waals surface area contributed by atoms with Crippen LogP contribution in [0.3, 0.4) is 0 Å². The van der Waals surface area contributed by atoms with E-state index in [-0.39, 0.29) is 30.1 Å². The highest BCUT2D eigenvalue weighted by atomic mass is 79.9. The van der Waals surface area contributed by atoms with E-state index in [0.29, 0.717) is 5.75 Å². The number of hydrogen-bond donors (Lipinski definition) is 2. The lowest BCUT2D eigenvalue weighted by Crippen LogP contribution is -2.23. The van der Waals surface area contributed by atoms with Crippen molar-refractivity contribution in [2.75, 3.05) is 17.2 Å². The number of carbonyl (C=O) groups is 1. The average molecular weight is 431 g/mol. The fourth-order valence-electron chi connectivity index (χ4n) is 2.23. The molecule has 2 N–H and O–H groups in total. The number of halogens is 2. The van der Waals surface area contributed by atoms with Crippen molar-refractivity contribution in [3.8, 4) is 11.6 Å². The molecule has 1 heterocycles. The zero-order valence-electron chi connectivity index (χ0n) is 14.4. The molecule has 0 fully saturated rings. The summed E-state index contributed by atoms with van der Waals surface area (Å²) in [5.41, 5.74) is 1.68. The molecule has 3 rings (SSSR count). The van der Waals surface area contributed by atoms with Crippen molar-refractivity contribution in [1.29, 1.82) is 0 Å². The van der Waals surface area contributed by atoms with Crippen molar-refractivity contribution in [3.63, 3.8) is 0 Å². The molecule has 2 aromatic carbocycles. The third kappa shape index (κ3) is 5.49. The van der Waals surface area contributed by atoms with Gasteiger partial charge in [0.1, 0.15) is 11.6 Å². The second-order valence-electron chi connectivity index (χ2n) is 5.64. The van der Waals surface area contributed by atoms with Crippen molar-refractivity contribution >= 4 is 33.5 Å². The Balaban J connectivity index is 1.57. The zero-order valence-corrected chi connectivity index (χ0v) is 16.0. The first-order valence-electron chi connectivity index (χ1n) is 8.06. The van der Waals surface area contributed by atoms with Gasteiger partial charge in [-0.2, -0.15) is 4.98 Å². The molecule has 0 saturated carbocycles. The van der Waals surface area contributed by atoms with Crippen LogP contribution >= 0.6 is 15.9 Å². The van der Waals surface area contributed by atoms with Crippen LogP contribution in [-0.4, -0.2) is 22.4 Å². The average Bonchev–Trinajstić information content (AvgIpc) is 2.65. The molecule has 8 heteroatoms. The summed E-state index contributed by atoms with van der Waals surface area (Å²) in [5, 5.41) is 5.67. The van der Waals surface area contributed by atoms with Gasteiger partial charge in [-0.05, 0) is 55.0 Å². The molecule has 6 nitrogen and oxygen atoms in total.